The molecule has 4 nitrogen and oxygen atoms in total. The molecule has 1 amide bonds. The van der Waals surface area contributed by atoms with Crippen LogP contribution in [0, 0.1) is 12.3 Å². The Balaban J connectivity index is 2.16. The maximum Gasteiger partial charge on any atom is 0.231 e. The number of nitrogens with one attached hydrogen (secondary N) is 1. The summed E-state index contributed by atoms with van der Waals surface area (Å²) in [6, 6.07) is 5.16. The molecule has 5 heteroatoms. The normalized spacial score (nSPS) is 23.7. The van der Waals surface area contributed by atoms with Gasteiger partial charge in [0.2, 0.25) is 5.91 Å². The van der Waals surface area contributed by atoms with Crippen molar-refractivity contribution in [1.82, 2.24) is 0 Å². The summed E-state index contributed by atoms with van der Waals surface area (Å²) in [5.74, 6) is -0.182. The van der Waals surface area contributed by atoms with E-state index in [-0.39, 0.29) is 16.6 Å². The van der Waals surface area contributed by atoms with Gasteiger partial charge in [-0.15, -0.1) is 0 Å². The lowest BCUT2D eigenvalue weighted by atomic mass is 9.87. The van der Waals surface area contributed by atoms with Crippen molar-refractivity contribution in [3.8, 4) is 0 Å². The third-order valence-electron chi connectivity index (χ3n) is 4.23. The fraction of sp³-hybridized carbons (Fsp3) is 0.500. The molecular formula is C14H17NO3S. The summed E-state index contributed by atoms with van der Waals surface area (Å²) in [5, 5.41) is 2.82. The molecule has 102 valence electrons. The number of fused-ring (bicyclic) bond motifs is 1. The number of rotatable bonds is 0. The summed E-state index contributed by atoms with van der Waals surface area (Å²) in [6.07, 6.45) is 3.20. The Bertz CT molecular complexity index is 643. The molecule has 1 aliphatic carbocycles. The Hall–Kier alpha value is -1.36. The average molecular weight is 279 g/mol. The molecule has 2 aliphatic rings. The zero-order valence-corrected chi connectivity index (χ0v) is 11.7. The summed E-state index contributed by atoms with van der Waals surface area (Å²) in [7, 11) is -3.41. The zero-order chi connectivity index (χ0) is 13.7. The van der Waals surface area contributed by atoms with Crippen molar-refractivity contribution in [3.63, 3.8) is 0 Å². The van der Waals surface area contributed by atoms with Gasteiger partial charge in [0.15, 0.2) is 9.84 Å². The molecule has 0 unspecified atom stereocenters. The van der Waals surface area contributed by atoms with Gasteiger partial charge in [0.1, 0.15) is 0 Å². The first kappa shape index (κ1) is 12.7. The predicted molar refractivity (Wildman–Crippen MR) is 72.8 cm³/mol. The quantitative estimate of drug-likeness (QED) is 0.792. The van der Waals surface area contributed by atoms with E-state index >= 15 is 0 Å². The van der Waals surface area contributed by atoms with Crippen molar-refractivity contribution in [2.24, 2.45) is 5.41 Å². The lowest BCUT2D eigenvalue weighted by Gasteiger charge is -2.23. The molecule has 1 N–H and O–H groups in total. The molecule has 1 fully saturated rings. The van der Waals surface area contributed by atoms with E-state index < -0.39 is 15.3 Å². The number of sulfone groups is 1. The Kier molecular flexibility index (Phi) is 2.71. The van der Waals surface area contributed by atoms with Gasteiger partial charge >= 0.3 is 0 Å². The van der Waals surface area contributed by atoms with E-state index in [0.29, 0.717) is 18.5 Å². The van der Waals surface area contributed by atoms with Crippen LogP contribution in [0.3, 0.4) is 0 Å². The second-order valence-corrected chi connectivity index (χ2v) is 7.66. The van der Waals surface area contributed by atoms with Gasteiger partial charge in [0, 0.05) is 0 Å². The second-order valence-electron chi connectivity index (χ2n) is 5.70. The molecular weight excluding hydrogens is 262 g/mol. The smallest absolute Gasteiger partial charge is 0.231 e. The monoisotopic (exact) mass is 279 g/mol. The zero-order valence-electron chi connectivity index (χ0n) is 10.9. The number of benzene rings is 1. The van der Waals surface area contributed by atoms with E-state index in [0.717, 1.165) is 18.4 Å². The average Bonchev–Trinajstić information content (AvgIpc) is 2.77. The number of amides is 1. The minimum atomic E-state index is -3.41. The van der Waals surface area contributed by atoms with Crippen LogP contribution >= 0.6 is 0 Å². The van der Waals surface area contributed by atoms with Gasteiger partial charge < -0.3 is 5.32 Å². The van der Waals surface area contributed by atoms with E-state index in [1.54, 1.807) is 12.1 Å². The molecule has 0 radical (unpaired) electrons. The van der Waals surface area contributed by atoms with Gasteiger partial charge in [-0.25, -0.2) is 8.42 Å². The Morgan fingerprint density at radius 2 is 1.89 bits per heavy atom. The summed E-state index contributed by atoms with van der Waals surface area (Å²) >= 11 is 0. The second kappa shape index (κ2) is 4.07. The maximum absolute atomic E-state index is 12.6. The Labute approximate surface area is 113 Å². The third kappa shape index (κ3) is 1.96. The molecule has 1 saturated carbocycles. The van der Waals surface area contributed by atoms with Gasteiger partial charge in [-0.2, -0.15) is 0 Å². The van der Waals surface area contributed by atoms with Crippen LogP contribution in [0.5, 0.6) is 0 Å². The standard InChI is InChI=1S/C14H17NO3S/c1-10-4-5-11-12(8-10)19(17,18)9-14(13(16)15-11)6-2-3-7-14/h4-5,8H,2-3,6-7,9H2,1H3,(H,15,16). The molecule has 0 aromatic heterocycles. The fourth-order valence-electron chi connectivity index (χ4n) is 3.18. The van der Waals surface area contributed by atoms with Crippen molar-refractivity contribution in [1.29, 1.82) is 0 Å². The molecule has 1 spiro atoms. The van der Waals surface area contributed by atoms with Gasteiger partial charge in [0.05, 0.1) is 21.8 Å². The number of aryl methyl sites for hydroxylation is 1. The Morgan fingerprint density at radius 1 is 1.21 bits per heavy atom. The number of hydrogen-bond donors (Lipinski definition) is 1. The first-order valence-electron chi connectivity index (χ1n) is 6.58. The molecule has 0 saturated heterocycles. The largest absolute Gasteiger partial charge is 0.324 e. The van der Waals surface area contributed by atoms with Gasteiger partial charge in [-0.05, 0) is 37.5 Å². The van der Waals surface area contributed by atoms with Crippen LogP contribution in [0.4, 0.5) is 5.69 Å². The van der Waals surface area contributed by atoms with Gasteiger partial charge in [-0.3, -0.25) is 4.79 Å². The van der Waals surface area contributed by atoms with E-state index in [9.17, 15) is 13.2 Å². The van der Waals surface area contributed by atoms with Gasteiger partial charge in [-0.1, -0.05) is 18.9 Å². The maximum atomic E-state index is 12.6. The molecule has 1 aliphatic heterocycles. The van der Waals surface area contributed by atoms with E-state index in [1.165, 1.54) is 0 Å². The summed E-state index contributed by atoms with van der Waals surface area (Å²) in [4.78, 5) is 12.7. The van der Waals surface area contributed by atoms with Crippen LogP contribution in [0.2, 0.25) is 0 Å². The molecule has 3 rings (SSSR count). The van der Waals surface area contributed by atoms with Crippen molar-refractivity contribution < 1.29 is 13.2 Å². The summed E-state index contributed by atoms with van der Waals surface area (Å²) < 4.78 is 25.1. The topological polar surface area (TPSA) is 63.2 Å². The molecule has 1 aromatic carbocycles. The van der Waals surface area contributed by atoms with Crippen LogP contribution in [0.25, 0.3) is 0 Å². The highest BCUT2D eigenvalue weighted by molar-refractivity contribution is 7.91. The lowest BCUT2D eigenvalue weighted by molar-refractivity contribution is -0.124. The van der Waals surface area contributed by atoms with Gasteiger partial charge in [0.25, 0.3) is 0 Å². The number of hydrogen-bond acceptors (Lipinski definition) is 3. The molecule has 1 heterocycles. The third-order valence-corrected chi connectivity index (χ3v) is 6.17. The van der Waals surface area contributed by atoms with E-state index in [2.05, 4.69) is 5.32 Å². The first-order valence-corrected chi connectivity index (χ1v) is 8.23. The minimum absolute atomic E-state index is 0.0533. The highest BCUT2D eigenvalue weighted by atomic mass is 32.2. The molecule has 0 bridgehead atoms. The fourth-order valence-corrected chi connectivity index (χ4v) is 5.30. The molecule has 1 aromatic rings. The van der Waals surface area contributed by atoms with E-state index in [4.69, 9.17) is 0 Å². The van der Waals surface area contributed by atoms with Crippen molar-refractivity contribution in [2.45, 2.75) is 37.5 Å². The highest BCUT2D eigenvalue weighted by Gasteiger charge is 2.47. The number of carbonyl (C=O) groups is 1. The van der Waals surface area contributed by atoms with Crippen LogP contribution < -0.4 is 5.32 Å². The van der Waals surface area contributed by atoms with Crippen molar-refractivity contribution in [3.05, 3.63) is 23.8 Å². The highest BCUT2D eigenvalue weighted by Crippen LogP contribution is 2.44. The van der Waals surface area contributed by atoms with Crippen LogP contribution in [0.1, 0.15) is 31.2 Å². The van der Waals surface area contributed by atoms with Crippen molar-refractivity contribution in [2.75, 3.05) is 11.1 Å². The van der Waals surface area contributed by atoms with Crippen LogP contribution in [-0.4, -0.2) is 20.1 Å². The molecule has 19 heavy (non-hydrogen) atoms. The Morgan fingerprint density at radius 3 is 2.58 bits per heavy atom. The first-order chi connectivity index (χ1) is 8.93. The van der Waals surface area contributed by atoms with Crippen LogP contribution in [-0.2, 0) is 14.6 Å². The van der Waals surface area contributed by atoms with Crippen LogP contribution in [0.15, 0.2) is 23.1 Å². The molecule has 0 atom stereocenters. The summed E-state index contributed by atoms with van der Waals surface area (Å²) in [6.45, 7) is 1.86. The number of anilines is 1. The van der Waals surface area contributed by atoms with Crippen molar-refractivity contribution >= 4 is 21.4 Å². The minimum Gasteiger partial charge on any atom is -0.324 e. The van der Waals surface area contributed by atoms with E-state index in [1.807, 2.05) is 13.0 Å². The summed E-state index contributed by atoms with van der Waals surface area (Å²) in [5.41, 5.74) is 0.601. The SMILES string of the molecule is Cc1ccc2c(c1)S(=O)(=O)CC1(CCCC1)C(=O)N2. The predicted octanol–water partition coefficient (Wildman–Crippen LogP) is 2.28. The number of carbonyl (C=O) groups excluding carboxylic acids is 1. The lowest BCUT2D eigenvalue weighted by Crippen LogP contribution is -2.37.